The first kappa shape index (κ1) is 30.0. The Kier molecular flexibility index (Phi) is 8.56. The summed E-state index contributed by atoms with van der Waals surface area (Å²) in [5.41, 5.74) is 2.50. The van der Waals surface area contributed by atoms with Crippen LogP contribution in [0.5, 0.6) is 0 Å². The molecule has 3 amide bonds. The molecule has 4 heterocycles. The van der Waals surface area contributed by atoms with E-state index < -0.39 is 17.9 Å². The van der Waals surface area contributed by atoms with Gasteiger partial charge in [0.2, 0.25) is 0 Å². The summed E-state index contributed by atoms with van der Waals surface area (Å²) in [6, 6.07) is 4.45. The Hall–Kier alpha value is -3.51. The second-order valence-corrected chi connectivity index (χ2v) is 12.6. The molecule has 3 unspecified atom stereocenters. The molecule has 11 nitrogen and oxygen atoms in total. The SMILES string of the molecule is CCNC(=O)Nc1ccc(-c2nc3c(c(N4CCOCC4C)n2)CN(C2CCN(C(=O)O)CC2C(C)(C)C)C3)cc1F. The second-order valence-electron chi connectivity index (χ2n) is 12.6. The van der Waals surface area contributed by atoms with E-state index in [1.165, 1.54) is 17.0 Å². The zero-order valence-corrected chi connectivity index (χ0v) is 25.1. The van der Waals surface area contributed by atoms with E-state index in [0.29, 0.717) is 63.9 Å². The maximum atomic E-state index is 15.1. The third kappa shape index (κ3) is 6.14. The van der Waals surface area contributed by atoms with Crippen molar-refractivity contribution in [2.24, 2.45) is 11.3 Å². The fourth-order valence-electron chi connectivity index (χ4n) is 6.39. The van der Waals surface area contributed by atoms with Crippen LogP contribution < -0.4 is 15.5 Å². The van der Waals surface area contributed by atoms with Crippen LogP contribution in [0, 0.1) is 17.2 Å². The highest BCUT2D eigenvalue weighted by Gasteiger charge is 2.43. The number of hydrogen-bond donors (Lipinski definition) is 3. The van der Waals surface area contributed by atoms with Crippen molar-refractivity contribution < 1.29 is 23.8 Å². The van der Waals surface area contributed by atoms with E-state index in [1.807, 2.05) is 0 Å². The first-order valence-corrected chi connectivity index (χ1v) is 14.8. The first-order chi connectivity index (χ1) is 20.0. The van der Waals surface area contributed by atoms with E-state index in [9.17, 15) is 14.7 Å². The highest BCUT2D eigenvalue weighted by atomic mass is 19.1. The number of halogens is 1. The monoisotopic (exact) mass is 583 g/mol. The number of carbonyl (C=O) groups is 2. The minimum Gasteiger partial charge on any atom is -0.465 e. The molecule has 2 fully saturated rings. The van der Waals surface area contributed by atoms with Crippen molar-refractivity contribution >= 4 is 23.6 Å². The van der Waals surface area contributed by atoms with E-state index in [2.05, 4.69) is 48.1 Å². The molecule has 0 aliphatic carbocycles. The Morgan fingerprint density at radius 1 is 1.19 bits per heavy atom. The molecule has 42 heavy (non-hydrogen) atoms. The van der Waals surface area contributed by atoms with Gasteiger partial charge in [0, 0.05) is 56.4 Å². The summed E-state index contributed by atoms with van der Waals surface area (Å²) >= 11 is 0. The van der Waals surface area contributed by atoms with Gasteiger partial charge in [-0.05, 0) is 49.8 Å². The Morgan fingerprint density at radius 2 is 1.98 bits per heavy atom. The summed E-state index contributed by atoms with van der Waals surface area (Å²) in [6.45, 7) is 15.0. The summed E-state index contributed by atoms with van der Waals surface area (Å²) in [7, 11) is 0. The number of urea groups is 1. The summed E-state index contributed by atoms with van der Waals surface area (Å²) in [5, 5.41) is 14.8. The number of piperidine rings is 1. The highest BCUT2D eigenvalue weighted by molar-refractivity contribution is 5.89. The smallest absolute Gasteiger partial charge is 0.407 e. The molecule has 0 saturated carbocycles. The van der Waals surface area contributed by atoms with Crippen LogP contribution in [0.1, 0.15) is 52.3 Å². The van der Waals surface area contributed by atoms with Crippen LogP contribution in [-0.2, 0) is 17.8 Å². The molecule has 1 aromatic heterocycles. The maximum absolute atomic E-state index is 15.1. The predicted octanol–water partition coefficient (Wildman–Crippen LogP) is 4.38. The van der Waals surface area contributed by atoms with Crippen LogP contribution in [0.25, 0.3) is 11.4 Å². The fourth-order valence-corrected chi connectivity index (χ4v) is 6.39. The molecule has 3 aliphatic rings. The Bertz CT molecular complexity index is 1330. The van der Waals surface area contributed by atoms with Gasteiger partial charge in [-0.3, -0.25) is 4.90 Å². The Balaban J connectivity index is 1.49. The molecule has 3 atom stereocenters. The molecule has 1 aromatic carbocycles. The number of likely N-dealkylation sites (tertiary alicyclic amines) is 1. The highest BCUT2D eigenvalue weighted by Crippen LogP contribution is 2.41. The van der Waals surface area contributed by atoms with Crippen LogP contribution in [0.3, 0.4) is 0 Å². The number of aromatic nitrogens is 2. The van der Waals surface area contributed by atoms with E-state index >= 15 is 4.39 Å². The van der Waals surface area contributed by atoms with Gasteiger partial charge in [-0.2, -0.15) is 0 Å². The fraction of sp³-hybridized carbons (Fsp3) is 0.600. The first-order valence-electron chi connectivity index (χ1n) is 14.8. The number of morpholine rings is 1. The Morgan fingerprint density at radius 3 is 2.64 bits per heavy atom. The van der Waals surface area contributed by atoms with Gasteiger partial charge in [-0.1, -0.05) is 20.8 Å². The van der Waals surface area contributed by atoms with Gasteiger partial charge in [0.15, 0.2) is 5.82 Å². The van der Waals surface area contributed by atoms with Gasteiger partial charge < -0.3 is 30.3 Å². The van der Waals surface area contributed by atoms with Crippen LogP contribution in [0.4, 0.5) is 25.5 Å². The van der Waals surface area contributed by atoms with Crippen molar-refractivity contribution in [3.8, 4) is 11.4 Å². The molecular weight excluding hydrogens is 541 g/mol. The van der Waals surface area contributed by atoms with E-state index in [0.717, 1.165) is 23.5 Å². The van der Waals surface area contributed by atoms with Gasteiger partial charge in [-0.25, -0.2) is 23.9 Å². The molecule has 2 aromatic rings. The quantitative estimate of drug-likeness (QED) is 0.474. The van der Waals surface area contributed by atoms with Gasteiger partial charge in [-0.15, -0.1) is 0 Å². The van der Waals surface area contributed by atoms with Gasteiger partial charge in [0.25, 0.3) is 0 Å². The summed E-state index contributed by atoms with van der Waals surface area (Å²) in [6.07, 6.45) is -0.122. The lowest BCUT2D eigenvalue weighted by atomic mass is 9.73. The number of benzene rings is 1. The second kappa shape index (κ2) is 12.0. The van der Waals surface area contributed by atoms with Crippen LogP contribution in [-0.4, -0.2) is 88.5 Å². The molecule has 2 saturated heterocycles. The predicted molar refractivity (Wildman–Crippen MR) is 158 cm³/mol. The normalized spacial score (nSPS) is 23.0. The number of fused-ring (bicyclic) bond motifs is 1. The third-order valence-corrected chi connectivity index (χ3v) is 8.67. The lowest BCUT2D eigenvalue weighted by molar-refractivity contribution is 0.00570. The van der Waals surface area contributed by atoms with Crippen molar-refractivity contribution in [3.63, 3.8) is 0 Å². The zero-order chi connectivity index (χ0) is 30.2. The maximum Gasteiger partial charge on any atom is 0.407 e. The van der Waals surface area contributed by atoms with Crippen molar-refractivity contribution in [1.29, 1.82) is 0 Å². The molecule has 0 spiro atoms. The number of carboxylic acid groups (broad SMARTS) is 1. The van der Waals surface area contributed by atoms with E-state index in [1.54, 1.807) is 13.0 Å². The lowest BCUT2D eigenvalue weighted by Crippen LogP contribution is -2.54. The standard InChI is InChI=1S/C30H42FN7O4/c1-6-32-28(39)34-23-8-7-19(13-22(23)31)26-33-24-16-37(14-20(24)27(35-26)38-11-12-42-17-18(38)2)25-9-10-36(29(40)41)15-21(25)30(3,4)5/h7-8,13,18,21,25H,6,9-12,14-17H2,1-5H3,(H,40,41)(H2,32,34,39). The van der Waals surface area contributed by atoms with Crippen molar-refractivity contribution in [2.75, 3.05) is 49.6 Å². The van der Waals surface area contributed by atoms with Crippen LogP contribution in [0.15, 0.2) is 18.2 Å². The average Bonchev–Trinajstić information content (AvgIpc) is 3.37. The van der Waals surface area contributed by atoms with Crippen molar-refractivity contribution in [2.45, 2.75) is 66.2 Å². The number of nitrogens with zero attached hydrogens (tertiary/aromatic N) is 5. The molecular formula is C30H42FN7O4. The number of nitrogens with one attached hydrogen (secondary N) is 2. The summed E-state index contributed by atoms with van der Waals surface area (Å²) in [5.74, 6) is 0.854. The average molecular weight is 584 g/mol. The molecule has 3 aliphatic heterocycles. The molecule has 0 bridgehead atoms. The van der Waals surface area contributed by atoms with E-state index in [-0.39, 0.29) is 29.1 Å². The van der Waals surface area contributed by atoms with Crippen molar-refractivity contribution in [1.82, 2.24) is 25.1 Å². The number of ether oxygens (including phenoxy) is 1. The largest absolute Gasteiger partial charge is 0.465 e. The van der Waals surface area contributed by atoms with Crippen molar-refractivity contribution in [3.05, 3.63) is 35.3 Å². The third-order valence-electron chi connectivity index (χ3n) is 8.67. The van der Waals surface area contributed by atoms with Gasteiger partial charge in [0.1, 0.15) is 11.6 Å². The number of carbonyl (C=O) groups excluding carboxylic acids is 1. The Labute approximate surface area is 246 Å². The van der Waals surface area contributed by atoms with Crippen LogP contribution in [0.2, 0.25) is 0 Å². The molecule has 3 N–H and O–H groups in total. The lowest BCUT2D eigenvalue weighted by Gasteiger charge is -2.47. The summed E-state index contributed by atoms with van der Waals surface area (Å²) in [4.78, 5) is 39.9. The number of anilines is 2. The topological polar surface area (TPSA) is 123 Å². The minimum atomic E-state index is -0.869. The number of hydrogen-bond acceptors (Lipinski definition) is 7. The molecule has 228 valence electrons. The zero-order valence-electron chi connectivity index (χ0n) is 25.1. The van der Waals surface area contributed by atoms with Gasteiger partial charge >= 0.3 is 12.1 Å². The van der Waals surface area contributed by atoms with Gasteiger partial charge in [0.05, 0.1) is 30.6 Å². The molecule has 12 heteroatoms. The minimum absolute atomic E-state index is 0.0833. The number of amides is 3. The summed E-state index contributed by atoms with van der Waals surface area (Å²) < 4.78 is 20.8. The number of rotatable bonds is 5. The van der Waals surface area contributed by atoms with E-state index in [4.69, 9.17) is 14.7 Å². The molecule has 0 radical (unpaired) electrons. The molecule has 5 rings (SSSR count). The van der Waals surface area contributed by atoms with Crippen LogP contribution >= 0.6 is 0 Å².